The summed E-state index contributed by atoms with van der Waals surface area (Å²) in [7, 11) is -2.07. The number of anilines is 1. The van der Waals surface area contributed by atoms with Gasteiger partial charge in [-0.15, -0.1) is 0 Å². The molecule has 0 N–H and O–H groups in total. The number of carbonyl (C=O) groups is 1. The zero-order chi connectivity index (χ0) is 25.3. The topological polar surface area (TPSA) is 73.1 Å². The van der Waals surface area contributed by atoms with Gasteiger partial charge in [-0.1, -0.05) is 44.0 Å². The Balaban J connectivity index is 1.97. The molecular formula is C22H27Cl2F2N5O2Si. The quantitative estimate of drug-likeness (QED) is 0.261. The third-order valence-corrected chi connectivity index (χ3v) is 11.1. The lowest BCUT2D eigenvalue weighted by Crippen LogP contribution is -2.43. The van der Waals surface area contributed by atoms with E-state index >= 15 is 0 Å². The molecule has 0 saturated heterocycles. The van der Waals surface area contributed by atoms with E-state index in [1.54, 1.807) is 18.3 Å². The molecule has 34 heavy (non-hydrogen) atoms. The van der Waals surface area contributed by atoms with Crippen molar-refractivity contribution in [1.29, 1.82) is 0 Å². The molecule has 7 nitrogen and oxygen atoms in total. The summed E-state index contributed by atoms with van der Waals surface area (Å²) < 4.78 is 33.4. The summed E-state index contributed by atoms with van der Waals surface area (Å²) >= 11 is 12.3. The van der Waals surface area contributed by atoms with Gasteiger partial charge in [0.05, 0.1) is 25.0 Å². The summed E-state index contributed by atoms with van der Waals surface area (Å²) in [4.78, 5) is 27.1. The van der Waals surface area contributed by atoms with E-state index in [1.165, 1.54) is 22.0 Å². The minimum atomic E-state index is -2.51. The van der Waals surface area contributed by atoms with Gasteiger partial charge in [0.25, 0.3) is 12.3 Å². The Morgan fingerprint density at radius 2 is 1.85 bits per heavy atom. The summed E-state index contributed by atoms with van der Waals surface area (Å²) in [5, 5.41) is 0.466. The van der Waals surface area contributed by atoms with Gasteiger partial charge in [0.2, 0.25) is 0 Å². The molecule has 0 bridgehead atoms. The van der Waals surface area contributed by atoms with Crippen molar-refractivity contribution in [1.82, 2.24) is 19.5 Å². The largest absolute Gasteiger partial charge is 0.415 e. The summed E-state index contributed by atoms with van der Waals surface area (Å²) in [5.41, 5.74) is 0.809. The van der Waals surface area contributed by atoms with Crippen LogP contribution in [0.2, 0.25) is 28.4 Å². The number of carbonyl (C=O) groups excluding carboxylic acids is 1. The third-order valence-electron chi connectivity index (χ3n) is 6.03. The number of halogens is 4. The lowest BCUT2D eigenvalue weighted by atomic mass is 10.2. The highest BCUT2D eigenvalue weighted by molar-refractivity contribution is 6.74. The number of alkyl halides is 2. The van der Waals surface area contributed by atoms with Crippen LogP contribution >= 0.6 is 23.2 Å². The van der Waals surface area contributed by atoms with Crippen LogP contribution in [0.4, 0.5) is 14.5 Å². The molecule has 184 valence electrons. The van der Waals surface area contributed by atoms with E-state index in [1.807, 2.05) is 0 Å². The molecule has 0 aliphatic rings. The molecule has 12 heteroatoms. The maximum absolute atomic E-state index is 13.5. The lowest BCUT2D eigenvalue weighted by molar-refractivity contribution is 0.0981. The average Bonchev–Trinajstić information content (AvgIpc) is 3.11. The lowest BCUT2D eigenvalue weighted by Gasteiger charge is -2.36. The van der Waals surface area contributed by atoms with Crippen molar-refractivity contribution in [2.45, 2.75) is 51.9 Å². The minimum absolute atomic E-state index is 0.00416. The highest BCUT2D eigenvalue weighted by Gasteiger charge is 2.37. The molecule has 0 aliphatic carbocycles. The van der Waals surface area contributed by atoms with Gasteiger partial charge in [-0.05, 0) is 30.3 Å². The molecule has 1 amide bonds. The Morgan fingerprint density at radius 3 is 2.44 bits per heavy atom. The molecule has 3 heterocycles. The van der Waals surface area contributed by atoms with Gasteiger partial charge in [0.15, 0.2) is 8.32 Å². The van der Waals surface area contributed by atoms with Crippen LogP contribution in [0.5, 0.6) is 0 Å². The summed E-state index contributed by atoms with van der Waals surface area (Å²) in [6.07, 6.45) is 1.66. The molecule has 3 aromatic rings. The molecule has 3 rings (SSSR count). The van der Waals surface area contributed by atoms with Crippen molar-refractivity contribution in [2.24, 2.45) is 0 Å². The number of nitrogens with zero attached hydrogens (tertiary/aromatic N) is 5. The van der Waals surface area contributed by atoms with Gasteiger partial charge in [0.1, 0.15) is 27.8 Å². The van der Waals surface area contributed by atoms with Crippen molar-refractivity contribution in [2.75, 3.05) is 18.1 Å². The van der Waals surface area contributed by atoms with Crippen LogP contribution in [0.1, 0.15) is 31.1 Å². The predicted octanol–water partition coefficient (Wildman–Crippen LogP) is 6.07. The molecular weight excluding hydrogens is 503 g/mol. The second kappa shape index (κ2) is 10.2. The number of fused-ring (bicyclic) bond motifs is 1. The van der Waals surface area contributed by atoms with Crippen LogP contribution in [0, 0.1) is 0 Å². The van der Waals surface area contributed by atoms with E-state index in [0.29, 0.717) is 16.7 Å². The van der Waals surface area contributed by atoms with Gasteiger partial charge >= 0.3 is 0 Å². The van der Waals surface area contributed by atoms with Gasteiger partial charge in [0, 0.05) is 18.1 Å². The van der Waals surface area contributed by atoms with E-state index in [2.05, 4.69) is 48.8 Å². The Bertz CT molecular complexity index is 1160. The van der Waals surface area contributed by atoms with Crippen LogP contribution < -0.4 is 4.90 Å². The van der Waals surface area contributed by atoms with E-state index in [9.17, 15) is 13.6 Å². The number of hydrogen-bond donors (Lipinski definition) is 0. The van der Waals surface area contributed by atoms with E-state index in [4.69, 9.17) is 27.6 Å². The predicted molar refractivity (Wildman–Crippen MR) is 133 cm³/mol. The van der Waals surface area contributed by atoms with Crippen molar-refractivity contribution in [3.8, 4) is 0 Å². The molecule has 0 fully saturated rings. The molecule has 3 aromatic heterocycles. The number of aromatic nitrogens is 4. The first-order valence-electron chi connectivity index (χ1n) is 10.7. The van der Waals surface area contributed by atoms with Crippen LogP contribution in [-0.4, -0.2) is 53.3 Å². The van der Waals surface area contributed by atoms with Crippen molar-refractivity contribution in [3.05, 3.63) is 46.7 Å². The number of amides is 1. The second-order valence-electron chi connectivity index (χ2n) is 9.36. The van der Waals surface area contributed by atoms with Crippen molar-refractivity contribution in [3.63, 3.8) is 0 Å². The van der Waals surface area contributed by atoms with Gasteiger partial charge in [-0.25, -0.2) is 23.7 Å². The Morgan fingerprint density at radius 1 is 1.21 bits per heavy atom. The molecule has 0 aromatic carbocycles. The molecule has 0 spiro atoms. The fourth-order valence-corrected chi connectivity index (χ4v) is 4.63. The van der Waals surface area contributed by atoms with Crippen LogP contribution in [0.25, 0.3) is 11.0 Å². The van der Waals surface area contributed by atoms with Crippen molar-refractivity contribution < 1.29 is 18.0 Å². The zero-order valence-corrected chi connectivity index (χ0v) is 22.2. The molecule has 0 unspecified atom stereocenters. The zero-order valence-electron chi connectivity index (χ0n) is 19.6. The van der Waals surface area contributed by atoms with E-state index in [-0.39, 0.29) is 34.1 Å². The Labute approximate surface area is 208 Å². The Hall–Kier alpha value is -2.14. The first kappa shape index (κ1) is 26.5. The molecule has 0 radical (unpaired) electrons. The van der Waals surface area contributed by atoms with Gasteiger partial charge in [-0.2, -0.15) is 0 Å². The number of hydrogen-bond acceptors (Lipinski definition) is 5. The van der Waals surface area contributed by atoms with Crippen LogP contribution in [0.3, 0.4) is 0 Å². The monoisotopic (exact) mass is 529 g/mol. The first-order chi connectivity index (χ1) is 15.8. The summed E-state index contributed by atoms with van der Waals surface area (Å²) in [5.74, 6) is -0.511. The average molecular weight is 530 g/mol. The standard InChI is InChI=1S/C22H27Cl2F2N5O2Si/c1-22(2,3)34(4,5)33-9-8-31(21(32)17-18(23)28-13-29-19(17)24)15-10-14-6-7-30(12-16(25)26)20(14)27-11-15/h6-7,10-11,13,16H,8-9,12H2,1-5H3. The molecule has 0 saturated carbocycles. The molecule has 0 aliphatic heterocycles. The van der Waals surface area contributed by atoms with E-state index in [0.717, 1.165) is 0 Å². The molecule has 0 atom stereocenters. The van der Waals surface area contributed by atoms with Crippen LogP contribution in [-0.2, 0) is 11.0 Å². The fraction of sp³-hybridized carbons (Fsp3) is 0.455. The van der Waals surface area contributed by atoms with Gasteiger partial charge < -0.3 is 13.9 Å². The Kier molecular flexibility index (Phi) is 7.96. The first-order valence-corrected chi connectivity index (χ1v) is 14.3. The smallest absolute Gasteiger partial charge is 0.264 e. The number of pyridine rings is 1. The maximum atomic E-state index is 13.5. The minimum Gasteiger partial charge on any atom is -0.415 e. The maximum Gasteiger partial charge on any atom is 0.264 e. The second-order valence-corrected chi connectivity index (χ2v) is 14.9. The van der Waals surface area contributed by atoms with E-state index < -0.39 is 27.2 Å². The van der Waals surface area contributed by atoms with Crippen molar-refractivity contribution >= 4 is 54.1 Å². The normalized spacial score (nSPS) is 12.5. The summed E-state index contributed by atoms with van der Waals surface area (Å²) in [6, 6.07) is 3.38. The summed E-state index contributed by atoms with van der Waals surface area (Å²) in [6.45, 7) is 10.6. The highest BCUT2D eigenvalue weighted by atomic mass is 35.5. The SMILES string of the molecule is CC(C)(C)[Si](C)(C)OCCN(C(=O)c1c(Cl)ncnc1Cl)c1cnc2c(ccn2CC(F)F)c1. The highest BCUT2D eigenvalue weighted by Crippen LogP contribution is 2.36. The van der Waals surface area contributed by atoms with Crippen LogP contribution in [0.15, 0.2) is 30.9 Å². The third kappa shape index (κ3) is 5.73. The fourth-order valence-electron chi connectivity index (χ4n) is 3.12. The number of rotatable bonds is 8. The van der Waals surface area contributed by atoms with Gasteiger partial charge in [-0.3, -0.25) is 4.79 Å².